The van der Waals surface area contributed by atoms with E-state index in [2.05, 4.69) is 65.2 Å². The zero-order valence-electron chi connectivity index (χ0n) is 19.0. The van der Waals surface area contributed by atoms with Gasteiger partial charge >= 0.3 is 5.97 Å². The Balaban J connectivity index is 1.72. The number of aromatic nitrogens is 2. The molecule has 0 saturated heterocycles. The molecular formula is C29H30N2O2. The summed E-state index contributed by atoms with van der Waals surface area (Å²) in [7, 11) is 0. The quantitative estimate of drug-likeness (QED) is 0.267. The molecule has 168 valence electrons. The van der Waals surface area contributed by atoms with E-state index in [-0.39, 0.29) is 5.92 Å². The highest BCUT2D eigenvalue weighted by atomic mass is 16.4. The summed E-state index contributed by atoms with van der Waals surface area (Å²) in [6.45, 7) is 2.61. The van der Waals surface area contributed by atoms with Crippen molar-refractivity contribution in [2.24, 2.45) is 5.92 Å². The van der Waals surface area contributed by atoms with E-state index in [0.29, 0.717) is 6.42 Å². The predicted octanol–water partition coefficient (Wildman–Crippen LogP) is 7.17. The van der Waals surface area contributed by atoms with E-state index in [1.165, 1.54) is 0 Å². The largest absolute Gasteiger partial charge is 0.481 e. The number of benzene rings is 3. The zero-order chi connectivity index (χ0) is 23.0. The van der Waals surface area contributed by atoms with Crippen molar-refractivity contribution in [2.45, 2.75) is 39.2 Å². The van der Waals surface area contributed by atoms with Gasteiger partial charge in [0.05, 0.1) is 17.3 Å². The molecule has 33 heavy (non-hydrogen) atoms. The van der Waals surface area contributed by atoms with Crippen LogP contribution in [-0.4, -0.2) is 20.6 Å². The van der Waals surface area contributed by atoms with E-state index in [0.717, 1.165) is 59.7 Å². The summed E-state index contributed by atoms with van der Waals surface area (Å²) in [5, 5.41) is 9.14. The first-order valence-electron chi connectivity index (χ1n) is 11.6. The minimum atomic E-state index is -0.713. The zero-order valence-corrected chi connectivity index (χ0v) is 19.0. The fourth-order valence-electron chi connectivity index (χ4n) is 4.18. The molecule has 0 amide bonds. The molecular weight excluding hydrogens is 408 g/mol. The lowest BCUT2D eigenvalue weighted by Crippen LogP contribution is -2.09. The van der Waals surface area contributed by atoms with Crippen LogP contribution < -0.4 is 0 Å². The van der Waals surface area contributed by atoms with Crippen LogP contribution in [0.2, 0.25) is 0 Å². The van der Waals surface area contributed by atoms with Gasteiger partial charge in [-0.05, 0) is 12.8 Å². The number of nitrogens with zero attached hydrogens (tertiary/aromatic N) is 2. The normalized spacial score (nSPS) is 11.9. The average Bonchev–Trinajstić information content (AvgIpc) is 3.24. The lowest BCUT2D eigenvalue weighted by atomic mass is 10.0. The van der Waals surface area contributed by atoms with Crippen LogP contribution >= 0.6 is 0 Å². The van der Waals surface area contributed by atoms with Crippen molar-refractivity contribution in [3.05, 3.63) is 91.0 Å². The smallest absolute Gasteiger partial charge is 0.306 e. The van der Waals surface area contributed by atoms with Gasteiger partial charge in [0, 0.05) is 23.2 Å². The van der Waals surface area contributed by atoms with Crippen molar-refractivity contribution < 1.29 is 9.90 Å². The Morgan fingerprint density at radius 2 is 1.33 bits per heavy atom. The molecule has 4 nitrogen and oxygen atoms in total. The molecule has 1 unspecified atom stereocenters. The molecule has 0 radical (unpaired) electrons. The fourth-order valence-corrected chi connectivity index (χ4v) is 4.18. The number of unbranched alkanes of at least 4 members (excludes halogenated alkanes) is 2. The third kappa shape index (κ3) is 5.40. The van der Waals surface area contributed by atoms with Crippen LogP contribution in [0.3, 0.4) is 0 Å². The molecule has 0 aliphatic carbocycles. The average molecular weight is 439 g/mol. The van der Waals surface area contributed by atoms with Gasteiger partial charge in [-0.15, -0.1) is 0 Å². The van der Waals surface area contributed by atoms with E-state index in [1.54, 1.807) is 6.92 Å². The molecule has 3 aromatic carbocycles. The Bertz CT molecular complexity index is 1170. The summed E-state index contributed by atoms with van der Waals surface area (Å²) in [6.07, 6.45) is 3.58. The van der Waals surface area contributed by atoms with Gasteiger partial charge in [-0.3, -0.25) is 4.79 Å². The summed E-state index contributed by atoms with van der Waals surface area (Å²) < 4.78 is 2.34. The van der Waals surface area contributed by atoms with Crippen molar-refractivity contribution in [3.8, 4) is 33.9 Å². The first kappa shape index (κ1) is 22.5. The van der Waals surface area contributed by atoms with Gasteiger partial charge in [0.25, 0.3) is 0 Å². The van der Waals surface area contributed by atoms with Crippen LogP contribution in [0.15, 0.2) is 91.0 Å². The second-order valence-electron chi connectivity index (χ2n) is 8.47. The van der Waals surface area contributed by atoms with Crippen LogP contribution in [0, 0.1) is 5.92 Å². The van der Waals surface area contributed by atoms with E-state index >= 15 is 0 Å². The van der Waals surface area contributed by atoms with Crippen molar-refractivity contribution in [2.75, 3.05) is 0 Å². The first-order chi connectivity index (χ1) is 16.1. The van der Waals surface area contributed by atoms with Gasteiger partial charge in [0.2, 0.25) is 0 Å². The molecule has 1 aromatic heterocycles. The van der Waals surface area contributed by atoms with Crippen LogP contribution in [-0.2, 0) is 11.3 Å². The first-order valence-corrected chi connectivity index (χ1v) is 11.6. The maximum absolute atomic E-state index is 11.1. The molecule has 4 heteroatoms. The van der Waals surface area contributed by atoms with Crippen molar-refractivity contribution >= 4 is 5.97 Å². The van der Waals surface area contributed by atoms with Crippen molar-refractivity contribution in [3.63, 3.8) is 0 Å². The maximum Gasteiger partial charge on any atom is 0.306 e. The third-order valence-electron chi connectivity index (χ3n) is 6.03. The number of rotatable bonds is 10. The molecule has 0 bridgehead atoms. The second kappa shape index (κ2) is 10.8. The van der Waals surface area contributed by atoms with Gasteiger partial charge in [-0.25, -0.2) is 4.98 Å². The molecule has 0 saturated carbocycles. The highest BCUT2D eigenvalue weighted by molar-refractivity contribution is 5.82. The van der Waals surface area contributed by atoms with Gasteiger partial charge in [0.1, 0.15) is 5.82 Å². The molecule has 1 heterocycles. The highest BCUT2D eigenvalue weighted by Gasteiger charge is 2.20. The lowest BCUT2D eigenvalue weighted by molar-refractivity contribution is -0.141. The van der Waals surface area contributed by atoms with Gasteiger partial charge < -0.3 is 9.67 Å². The lowest BCUT2D eigenvalue weighted by Gasteiger charge is -2.14. The topological polar surface area (TPSA) is 55.1 Å². The molecule has 0 fully saturated rings. The molecule has 0 aliphatic rings. The number of imidazole rings is 1. The molecule has 4 aromatic rings. The minimum absolute atomic E-state index is 0.289. The van der Waals surface area contributed by atoms with E-state index in [9.17, 15) is 4.79 Å². The van der Waals surface area contributed by atoms with Crippen molar-refractivity contribution in [1.29, 1.82) is 0 Å². The summed E-state index contributed by atoms with van der Waals surface area (Å²) in [6, 6.07) is 31.1. The molecule has 1 atom stereocenters. The highest BCUT2D eigenvalue weighted by Crippen LogP contribution is 2.36. The number of carboxylic acids is 1. The number of hydrogen-bond acceptors (Lipinski definition) is 2. The minimum Gasteiger partial charge on any atom is -0.481 e. The SMILES string of the molecule is CC(CCCCCn1c(-c2ccccc2)nc(-c2ccccc2)c1-c1ccccc1)C(=O)O. The van der Waals surface area contributed by atoms with Crippen LogP contribution in [0.5, 0.6) is 0 Å². The van der Waals surface area contributed by atoms with E-state index in [4.69, 9.17) is 10.1 Å². The summed E-state index contributed by atoms with van der Waals surface area (Å²) in [4.78, 5) is 16.3. The van der Waals surface area contributed by atoms with E-state index < -0.39 is 5.97 Å². The van der Waals surface area contributed by atoms with Crippen LogP contribution in [0.1, 0.15) is 32.6 Å². The maximum atomic E-state index is 11.1. The second-order valence-corrected chi connectivity index (χ2v) is 8.47. The van der Waals surface area contributed by atoms with Crippen LogP contribution in [0.25, 0.3) is 33.9 Å². The standard InChI is InChI=1S/C29H30N2O2/c1-22(29(32)33)14-6-5-13-21-31-27(24-17-9-3-10-18-24)26(23-15-7-2-8-16-23)30-28(31)25-19-11-4-12-20-25/h2-4,7-12,15-20,22H,5-6,13-14,21H2,1H3,(H,32,33). The van der Waals surface area contributed by atoms with Crippen LogP contribution in [0.4, 0.5) is 0 Å². The summed E-state index contributed by atoms with van der Waals surface area (Å²) in [5.74, 6) is -0.0373. The Morgan fingerprint density at radius 1 is 0.788 bits per heavy atom. The molecule has 0 aliphatic heterocycles. The van der Waals surface area contributed by atoms with Gasteiger partial charge in [0.15, 0.2) is 0 Å². The molecule has 0 spiro atoms. The summed E-state index contributed by atoms with van der Waals surface area (Å²) >= 11 is 0. The Morgan fingerprint density at radius 3 is 1.91 bits per heavy atom. The molecule has 1 N–H and O–H groups in total. The third-order valence-corrected chi connectivity index (χ3v) is 6.03. The number of hydrogen-bond donors (Lipinski definition) is 1. The Labute approximate surface area is 195 Å². The predicted molar refractivity (Wildman–Crippen MR) is 134 cm³/mol. The monoisotopic (exact) mass is 438 g/mol. The fraction of sp³-hybridized carbons (Fsp3) is 0.241. The van der Waals surface area contributed by atoms with Crippen molar-refractivity contribution in [1.82, 2.24) is 9.55 Å². The number of aliphatic carboxylic acids is 1. The van der Waals surface area contributed by atoms with E-state index in [1.807, 2.05) is 30.3 Å². The molecule has 4 rings (SSSR count). The Kier molecular flexibility index (Phi) is 7.36. The Hall–Kier alpha value is -3.66. The summed E-state index contributed by atoms with van der Waals surface area (Å²) in [5.41, 5.74) is 5.45. The number of carbonyl (C=O) groups is 1. The number of carboxylic acid groups (broad SMARTS) is 1. The van der Waals surface area contributed by atoms with Gasteiger partial charge in [-0.1, -0.05) is 111 Å². The van der Waals surface area contributed by atoms with Gasteiger partial charge in [-0.2, -0.15) is 0 Å².